The van der Waals surface area contributed by atoms with E-state index in [4.69, 9.17) is 4.74 Å². The van der Waals surface area contributed by atoms with E-state index >= 15 is 0 Å². The average Bonchev–Trinajstić information content (AvgIpc) is 3.28. The van der Waals surface area contributed by atoms with Gasteiger partial charge >= 0.3 is 0 Å². The van der Waals surface area contributed by atoms with Crippen molar-refractivity contribution in [3.8, 4) is 0 Å². The second-order valence-electron chi connectivity index (χ2n) is 5.29. The van der Waals surface area contributed by atoms with Gasteiger partial charge in [-0.3, -0.25) is 4.79 Å². The second kappa shape index (κ2) is 5.72. The zero-order valence-corrected chi connectivity index (χ0v) is 11.0. The van der Waals surface area contributed by atoms with Crippen molar-refractivity contribution in [1.82, 2.24) is 10.6 Å². The van der Waals surface area contributed by atoms with Crippen LogP contribution in [-0.4, -0.2) is 25.6 Å². The van der Waals surface area contributed by atoms with Gasteiger partial charge in [0.25, 0.3) is 0 Å². The summed E-state index contributed by atoms with van der Waals surface area (Å²) in [7, 11) is 0. The van der Waals surface area contributed by atoms with Gasteiger partial charge < -0.3 is 15.4 Å². The second-order valence-corrected chi connectivity index (χ2v) is 5.29. The van der Waals surface area contributed by atoms with Gasteiger partial charge in [0.15, 0.2) is 0 Å². The summed E-state index contributed by atoms with van der Waals surface area (Å²) in [6.45, 7) is 2.87. The van der Waals surface area contributed by atoms with Crippen LogP contribution in [0.2, 0.25) is 0 Å². The highest BCUT2D eigenvalue weighted by atomic mass is 16.5. The summed E-state index contributed by atoms with van der Waals surface area (Å²) in [6.07, 6.45) is 2.12. The van der Waals surface area contributed by atoms with Gasteiger partial charge in [-0.2, -0.15) is 0 Å². The van der Waals surface area contributed by atoms with Crippen LogP contribution in [-0.2, 0) is 16.1 Å². The third-order valence-corrected chi connectivity index (χ3v) is 3.74. The Bertz CT molecular complexity index is 457. The Labute approximate surface area is 113 Å². The number of amides is 1. The molecule has 1 aromatic carbocycles. The molecule has 1 atom stereocenters. The third-order valence-electron chi connectivity index (χ3n) is 3.74. The van der Waals surface area contributed by atoms with Gasteiger partial charge in [-0.25, -0.2) is 0 Å². The Morgan fingerprint density at radius 2 is 2.11 bits per heavy atom. The number of nitrogens with one attached hydrogen (secondary N) is 2. The largest absolute Gasteiger partial charge is 0.375 e. The molecule has 0 saturated heterocycles. The van der Waals surface area contributed by atoms with Gasteiger partial charge in [0.1, 0.15) is 0 Å². The molecule has 19 heavy (non-hydrogen) atoms. The van der Waals surface area contributed by atoms with Crippen LogP contribution in [0, 0.1) is 5.92 Å². The molecule has 1 amide bonds. The van der Waals surface area contributed by atoms with Crippen molar-refractivity contribution in [1.29, 1.82) is 0 Å². The molecule has 1 saturated carbocycles. The zero-order valence-electron chi connectivity index (χ0n) is 11.0. The Kier molecular flexibility index (Phi) is 3.80. The van der Waals surface area contributed by atoms with E-state index in [0.717, 1.165) is 19.4 Å². The number of fused-ring (bicyclic) bond motifs is 1. The predicted octanol–water partition coefficient (Wildman–Crippen LogP) is 1.37. The van der Waals surface area contributed by atoms with E-state index in [1.165, 1.54) is 11.1 Å². The molecule has 1 aromatic rings. The van der Waals surface area contributed by atoms with Gasteiger partial charge in [-0.1, -0.05) is 24.3 Å². The van der Waals surface area contributed by atoms with E-state index in [0.29, 0.717) is 25.7 Å². The first-order chi connectivity index (χ1) is 9.34. The van der Waals surface area contributed by atoms with Crippen LogP contribution >= 0.6 is 0 Å². The predicted molar refractivity (Wildman–Crippen MR) is 72.6 cm³/mol. The topological polar surface area (TPSA) is 50.4 Å². The molecule has 2 N–H and O–H groups in total. The standard InChI is InChI=1S/C15H20N2O2/c18-15(11-5-6-11)17-8-7-16-14-10-19-9-12-3-1-2-4-13(12)14/h1-4,11,14,16H,5-10H2,(H,17,18). The highest BCUT2D eigenvalue weighted by Crippen LogP contribution is 2.28. The summed E-state index contributed by atoms with van der Waals surface area (Å²) in [5.41, 5.74) is 2.58. The first kappa shape index (κ1) is 12.6. The summed E-state index contributed by atoms with van der Waals surface area (Å²) in [4.78, 5) is 11.5. The van der Waals surface area contributed by atoms with Crippen molar-refractivity contribution in [3.63, 3.8) is 0 Å². The maximum absolute atomic E-state index is 11.5. The maximum Gasteiger partial charge on any atom is 0.223 e. The number of benzene rings is 1. The van der Waals surface area contributed by atoms with E-state index in [-0.39, 0.29) is 11.9 Å². The molecule has 4 heteroatoms. The van der Waals surface area contributed by atoms with Gasteiger partial charge in [0, 0.05) is 19.0 Å². The fraction of sp³-hybridized carbons (Fsp3) is 0.533. The minimum atomic E-state index is 0.210. The molecule has 0 radical (unpaired) electrons. The number of hydrogen-bond acceptors (Lipinski definition) is 3. The third kappa shape index (κ3) is 3.14. The van der Waals surface area contributed by atoms with E-state index in [9.17, 15) is 4.79 Å². The summed E-state index contributed by atoms with van der Waals surface area (Å²) < 4.78 is 5.59. The van der Waals surface area contributed by atoms with Gasteiger partial charge in [0.2, 0.25) is 5.91 Å². The van der Waals surface area contributed by atoms with Crippen molar-refractivity contribution >= 4 is 5.91 Å². The van der Waals surface area contributed by atoms with E-state index in [2.05, 4.69) is 28.8 Å². The monoisotopic (exact) mass is 260 g/mol. The molecule has 3 rings (SSSR count). The normalized spacial score (nSPS) is 21.8. The van der Waals surface area contributed by atoms with Crippen LogP contribution in [0.3, 0.4) is 0 Å². The minimum Gasteiger partial charge on any atom is -0.375 e. The van der Waals surface area contributed by atoms with Crippen molar-refractivity contribution < 1.29 is 9.53 Å². The molecule has 2 aliphatic rings. The van der Waals surface area contributed by atoms with E-state index in [1.54, 1.807) is 0 Å². The molecule has 1 aliphatic heterocycles. The van der Waals surface area contributed by atoms with Crippen molar-refractivity contribution in [2.75, 3.05) is 19.7 Å². The quantitative estimate of drug-likeness (QED) is 0.786. The number of carbonyl (C=O) groups excluding carboxylic acids is 1. The summed E-state index contributed by atoms with van der Waals surface area (Å²) in [5.74, 6) is 0.501. The zero-order chi connectivity index (χ0) is 13.1. The van der Waals surface area contributed by atoms with Gasteiger partial charge in [-0.15, -0.1) is 0 Å². The lowest BCUT2D eigenvalue weighted by molar-refractivity contribution is -0.122. The molecular formula is C15H20N2O2. The average molecular weight is 260 g/mol. The Morgan fingerprint density at radius 1 is 1.26 bits per heavy atom. The first-order valence-electron chi connectivity index (χ1n) is 7.01. The lowest BCUT2D eigenvalue weighted by Crippen LogP contribution is -2.37. The van der Waals surface area contributed by atoms with Crippen LogP contribution in [0.25, 0.3) is 0 Å². The van der Waals surface area contributed by atoms with Crippen LogP contribution in [0.1, 0.15) is 30.0 Å². The molecule has 0 spiro atoms. The molecule has 1 fully saturated rings. The first-order valence-corrected chi connectivity index (χ1v) is 7.01. The minimum absolute atomic E-state index is 0.210. The number of carbonyl (C=O) groups is 1. The van der Waals surface area contributed by atoms with Crippen LogP contribution in [0.4, 0.5) is 0 Å². The fourth-order valence-electron chi connectivity index (χ4n) is 2.47. The van der Waals surface area contributed by atoms with Crippen LogP contribution in [0.5, 0.6) is 0 Å². The molecule has 1 heterocycles. The molecule has 102 valence electrons. The van der Waals surface area contributed by atoms with Crippen molar-refractivity contribution in [2.24, 2.45) is 5.92 Å². The lowest BCUT2D eigenvalue weighted by Gasteiger charge is -2.26. The molecule has 0 bridgehead atoms. The van der Waals surface area contributed by atoms with E-state index in [1.807, 2.05) is 6.07 Å². The van der Waals surface area contributed by atoms with Crippen molar-refractivity contribution in [3.05, 3.63) is 35.4 Å². The van der Waals surface area contributed by atoms with E-state index < -0.39 is 0 Å². The highest BCUT2D eigenvalue weighted by molar-refractivity contribution is 5.80. The lowest BCUT2D eigenvalue weighted by atomic mass is 9.99. The Balaban J connectivity index is 1.46. The Morgan fingerprint density at radius 3 is 2.95 bits per heavy atom. The molecule has 1 aliphatic carbocycles. The SMILES string of the molecule is O=C(NCCNC1COCc2ccccc21)C1CC1. The van der Waals surface area contributed by atoms with Crippen LogP contribution in [0.15, 0.2) is 24.3 Å². The highest BCUT2D eigenvalue weighted by Gasteiger charge is 2.29. The molecular weight excluding hydrogens is 240 g/mol. The fourth-order valence-corrected chi connectivity index (χ4v) is 2.47. The van der Waals surface area contributed by atoms with Crippen molar-refractivity contribution in [2.45, 2.75) is 25.5 Å². The number of hydrogen-bond donors (Lipinski definition) is 2. The number of ether oxygens (including phenoxy) is 1. The molecule has 0 aromatic heterocycles. The number of rotatable bonds is 5. The smallest absolute Gasteiger partial charge is 0.223 e. The van der Waals surface area contributed by atoms with Gasteiger partial charge in [-0.05, 0) is 24.0 Å². The molecule has 4 nitrogen and oxygen atoms in total. The van der Waals surface area contributed by atoms with Crippen LogP contribution < -0.4 is 10.6 Å². The summed E-state index contributed by atoms with van der Waals surface area (Å²) >= 11 is 0. The maximum atomic E-state index is 11.5. The Hall–Kier alpha value is -1.39. The molecule has 1 unspecified atom stereocenters. The summed E-state index contributed by atoms with van der Waals surface area (Å²) in [5, 5.41) is 6.42. The summed E-state index contributed by atoms with van der Waals surface area (Å²) in [6, 6.07) is 8.60. The van der Waals surface area contributed by atoms with Gasteiger partial charge in [0.05, 0.1) is 19.3 Å².